The third kappa shape index (κ3) is 2.30. The Bertz CT molecular complexity index is 690. The number of aromatic nitrogens is 2. The van der Waals surface area contributed by atoms with Crippen molar-refractivity contribution in [2.45, 2.75) is 0 Å². The molecule has 0 radical (unpaired) electrons. The van der Waals surface area contributed by atoms with E-state index in [1.54, 1.807) is 0 Å². The number of halogens is 1. The van der Waals surface area contributed by atoms with Crippen molar-refractivity contribution >= 4 is 16.3 Å². The highest BCUT2D eigenvalue weighted by molar-refractivity contribution is 7.89. The number of aldehydes is 1. The lowest BCUT2D eigenvalue weighted by Crippen LogP contribution is -2.10. The lowest BCUT2D eigenvalue weighted by atomic mass is 10.1. The van der Waals surface area contributed by atoms with E-state index in [9.17, 15) is 17.6 Å². The van der Waals surface area contributed by atoms with Gasteiger partial charge in [-0.05, 0) is 24.3 Å². The molecular weight excluding hydrogens is 259 g/mol. The van der Waals surface area contributed by atoms with Crippen LogP contribution in [0.15, 0.2) is 30.5 Å². The Labute approximate surface area is 103 Å². The minimum atomic E-state index is -3.56. The van der Waals surface area contributed by atoms with Crippen LogP contribution in [0.1, 0.15) is 10.4 Å². The minimum absolute atomic E-state index is 0.132. The fourth-order valence-electron chi connectivity index (χ4n) is 1.45. The summed E-state index contributed by atoms with van der Waals surface area (Å²) < 4.78 is 36.2. The van der Waals surface area contributed by atoms with E-state index < -0.39 is 15.8 Å². The van der Waals surface area contributed by atoms with Crippen molar-refractivity contribution in [2.75, 3.05) is 6.26 Å². The number of benzene rings is 1. The molecule has 0 atom stereocenters. The molecule has 0 aliphatic heterocycles. The van der Waals surface area contributed by atoms with Crippen LogP contribution < -0.4 is 0 Å². The van der Waals surface area contributed by atoms with Gasteiger partial charge in [-0.25, -0.2) is 12.8 Å². The second-order valence-corrected chi connectivity index (χ2v) is 5.53. The second-order valence-electron chi connectivity index (χ2n) is 3.69. The normalized spacial score (nSPS) is 11.4. The third-order valence-corrected chi connectivity index (χ3v) is 3.17. The van der Waals surface area contributed by atoms with E-state index in [4.69, 9.17) is 0 Å². The van der Waals surface area contributed by atoms with Gasteiger partial charge in [0.25, 0.3) is 10.0 Å². The van der Waals surface area contributed by atoms with E-state index in [0.29, 0.717) is 11.8 Å². The molecule has 1 aromatic heterocycles. The van der Waals surface area contributed by atoms with Gasteiger partial charge in [-0.1, -0.05) is 0 Å². The number of hydrogen-bond acceptors (Lipinski definition) is 4. The topological polar surface area (TPSA) is 69.0 Å². The Morgan fingerprint density at radius 1 is 1.28 bits per heavy atom. The Morgan fingerprint density at radius 2 is 1.89 bits per heavy atom. The van der Waals surface area contributed by atoms with Crippen LogP contribution in [0.3, 0.4) is 0 Å². The summed E-state index contributed by atoms with van der Waals surface area (Å²) in [5, 5.41) is 3.83. The zero-order valence-electron chi connectivity index (χ0n) is 9.37. The molecule has 7 heteroatoms. The summed E-state index contributed by atoms with van der Waals surface area (Å²) in [6.45, 7) is 0. The van der Waals surface area contributed by atoms with Gasteiger partial charge in [-0.15, -0.1) is 0 Å². The molecule has 0 aliphatic rings. The summed E-state index contributed by atoms with van der Waals surface area (Å²) >= 11 is 0. The Hall–Kier alpha value is -2.02. The second kappa shape index (κ2) is 4.34. The standard InChI is InChI=1S/C11H9FN2O3S/c1-18(16,17)14-6-9(7-15)11(13-14)8-2-4-10(12)5-3-8/h2-7H,1H3. The van der Waals surface area contributed by atoms with Crippen LogP contribution in [0.2, 0.25) is 0 Å². The SMILES string of the molecule is CS(=O)(=O)n1cc(C=O)c(-c2ccc(F)cc2)n1. The van der Waals surface area contributed by atoms with Crippen LogP contribution in [0.25, 0.3) is 11.3 Å². The van der Waals surface area contributed by atoms with Crippen molar-refractivity contribution in [3.8, 4) is 11.3 Å². The molecular formula is C11H9FN2O3S. The van der Waals surface area contributed by atoms with E-state index >= 15 is 0 Å². The van der Waals surface area contributed by atoms with Crippen LogP contribution in [0, 0.1) is 5.82 Å². The Morgan fingerprint density at radius 3 is 2.39 bits per heavy atom. The molecule has 0 saturated heterocycles. The highest BCUT2D eigenvalue weighted by atomic mass is 32.2. The summed E-state index contributed by atoms with van der Waals surface area (Å²) in [5.41, 5.74) is 0.809. The summed E-state index contributed by atoms with van der Waals surface area (Å²) in [4.78, 5) is 10.9. The molecule has 0 N–H and O–H groups in total. The average Bonchev–Trinajstić information content (AvgIpc) is 2.73. The molecule has 0 unspecified atom stereocenters. The van der Waals surface area contributed by atoms with Gasteiger partial charge in [0.2, 0.25) is 0 Å². The first-order valence-electron chi connectivity index (χ1n) is 4.93. The number of nitrogens with zero attached hydrogens (tertiary/aromatic N) is 2. The molecule has 5 nitrogen and oxygen atoms in total. The summed E-state index contributed by atoms with van der Waals surface area (Å²) in [7, 11) is -3.56. The van der Waals surface area contributed by atoms with Crippen LogP contribution in [-0.2, 0) is 10.0 Å². The molecule has 0 fully saturated rings. The molecule has 18 heavy (non-hydrogen) atoms. The highest BCUT2D eigenvalue weighted by Crippen LogP contribution is 2.21. The number of hydrogen-bond donors (Lipinski definition) is 0. The average molecular weight is 268 g/mol. The predicted molar refractivity (Wildman–Crippen MR) is 63.3 cm³/mol. The van der Waals surface area contributed by atoms with Crippen LogP contribution in [0.5, 0.6) is 0 Å². The van der Waals surface area contributed by atoms with E-state index in [2.05, 4.69) is 5.10 Å². The monoisotopic (exact) mass is 268 g/mol. The molecule has 1 aromatic carbocycles. The summed E-state index contributed by atoms with van der Waals surface area (Å²) in [6, 6.07) is 5.28. The van der Waals surface area contributed by atoms with Crippen molar-refractivity contribution in [1.82, 2.24) is 9.19 Å². The van der Waals surface area contributed by atoms with Gasteiger partial charge in [0.1, 0.15) is 11.5 Å². The third-order valence-electron chi connectivity index (χ3n) is 2.31. The van der Waals surface area contributed by atoms with Crippen molar-refractivity contribution < 1.29 is 17.6 Å². The highest BCUT2D eigenvalue weighted by Gasteiger charge is 2.15. The summed E-state index contributed by atoms with van der Waals surface area (Å²) in [5.74, 6) is -0.422. The fraction of sp³-hybridized carbons (Fsp3) is 0.0909. The molecule has 1 heterocycles. The molecule has 0 spiro atoms. The first-order valence-corrected chi connectivity index (χ1v) is 6.78. The first kappa shape index (κ1) is 12.4. The zero-order chi connectivity index (χ0) is 13.3. The molecule has 0 saturated carbocycles. The molecule has 2 aromatic rings. The number of carbonyl (C=O) groups is 1. The van der Waals surface area contributed by atoms with E-state index in [0.717, 1.165) is 16.5 Å². The Balaban J connectivity index is 2.60. The van der Waals surface area contributed by atoms with Crippen molar-refractivity contribution in [3.05, 3.63) is 41.8 Å². The van der Waals surface area contributed by atoms with Gasteiger partial charge in [0.05, 0.1) is 18.0 Å². The van der Waals surface area contributed by atoms with Crippen LogP contribution in [-0.4, -0.2) is 30.1 Å². The van der Waals surface area contributed by atoms with Gasteiger partial charge in [0.15, 0.2) is 6.29 Å². The molecule has 2 rings (SSSR count). The van der Waals surface area contributed by atoms with Crippen molar-refractivity contribution in [1.29, 1.82) is 0 Å². The Kier molecular flexibility index (Phi) is 3.00. The van der Waals surface area contributed by atoms with E-state index in [-0.39, 0.29) is 11.3 Å². The first-order chi connectivity index (χ1) is 8.41. The van der Waals surface area contributed by atoms with Crippen LogP contribution in [0.4, 0.5) is 4.39 Å². The largest absolute Gasteiger partial charge is 0.298 e. The van der Waals surface area contributed by atoms with Crippen molar-refractivity contribution in [2.24, 2.45) is 0 Å². The van der Waals surface area contributed by atoms with Gasteiger partial charge >= 0.3 is 0 Å². The quantitative estimate of drug-likeness (QED) is 0.787. The van der Waals surface area contributed by atoms with Gasteiger partial charge < -0.3 is 0 Å². The fourth-order valence-corrected chi connectivity index (χ4v) is 1.99. The van der Waals surface area contributed by atoms with Gasteiger partial charge in [-0.3, -0.25) is 4.79 Å². The smallest absolute Gasteiger partial charge is 0.250 e. The maximum Gasteiger partial charge on any atom is 0.250 e. The minimum Gasteiger partial charge on any atom is -0.298 e. The zero-order valence-corrected chi connectivity index (χ0v) is 10.2. The maximum atomic E-state index is 12.8. The van der Waals surface area contributed by atoms with Crippen molar-refractivity contribution in [3.63, 3.8) is 0 Å². The maximum absolute atomic E-state index is 12.8. The number of carbonyl (C=O) groups excluding carboxylic acids is 1. The lowest BCUT2D eigenvalue weighted by molar-refractivity contribution is 0.112. The van der Waals surface area contributed by atoms with E-state index in [1.807, 2.05) is 0 Å². The molecule has 94 valence electrons. The molecule has 0 bridgehead atoms. The predicted octanol–water partition coefficient (Wildman–Crippen LogP) is 1.31. The summed E-state index contributed by atoms with van der Waals surface area (Å²) in [6.07, 6.45) is 2.61. The lowest BCUT2D eigenvalue weighted by Gasteiger charge is -1.98. The molecule has 0 amide bonds. The number of rotatable bonds is 3. The molecule has 0 aliphatic carbocycles. The van der Waals surface area contributed by atoms with Gasteiger partial charge in [0, 0.05) is 5.56 Å². The van der Waals surface area contributed by atoms with Gasteiger partial charge in [-0.2, -0.15) is 9.19 Å². The van der Waals surface area contributed by atoms with E-state index in [1.165, 1.54) is 24.3 Å². The van der Waals surface area contributed by atoms with Crippen LogP contribution >= 0.6 is 0 Å².